The molecule has 100 valence electrons. The lowest BCUT2D eigenvalue weighted by Crippen LogP contribution is -2.46. The summed E-state index contributed by atoms with van der Waals surface area (Å²) in [7, 11) is 0. The van der Waals surface area contributed by atoms with Crippen LogP contribution in [0.5, 0.6) is 0 Å². The van der Waals surface area contributed by atoms with Gasteiger partial charge in [-0.25, -0.2) is 0 Å². The Morgan fingerprint density at radius 2 is 1.76 bits per heavy atom. The molecule has 1 unspecified atom stereocenters. The first kappa shape index (κ1) is 15.9. The molecule has 1 amide bonds. The lowest BCUT2D eigenvalue weighted by molar-refractivity contribution is -0.142. The smallest absolute Gasteiger partial charge is 0.305 e. The van der Waals surface area contributed by atoms with Crippen LogP contribution in [0.25, 0.3) is 0 Å². The van der Waals surface area contributed by atoms with E-state index in [1.54, 1.807) is 4.90 Å². The Balaban J connectivity index is 4.43. The summed E-state index contributed by atoms with van der Waals surface area (Å²) >= 11 is 0. The third-order valence-electron chi connectivity index (χ3n) is 3.04. The number of aliphatic carboxylic acids is 1. The van der Waals surface area contributed by atoms with Gasteiger partial charge in [-0.2, -0.15) is 0 Å². The Morgan fingerprint density at radius 3 is 2.12 bits per heavy atom. The molecule has 0 spiro atoms. The van der Waals surface area contributed by atoms with Gasteiger partial charge in [0, 0.05) is 13.1 Å². The number of carbonyl (C=O) groups excluding carboxylic acids is 1. The Kier molecular flexibility index (Phi) is 7.54. The Bertz CT molecular complexity index is 252. The molecule has 0 radical (unpaired) electrons. The minimum absolute atomic E-state index is 0.262. The van der Waals surface area contributed by atoms with E-state index in [2.05, 4.69) is 13.8 Å². The van der Waals surface area contributed by atoms with Crippen LogP contribution in [0, 0.1) is 5.92 Å². The molecule has 0 aromatic rings. The minimum Gasteiger partial charge on any atom is -0.481 e. The van der Waals surface area contributed by atoms with E-state index in [9.17, 15) is 9.59 Å². The highest BCUT2D eigenvalue weighted by Crippen LogP contribution is 2.11. The summed E-state index contributed by atoms with van der Waals surface area (Å²) in [5.74, 6) is -0.845. The summed E-state index contributed by atoms with van der Waals surface area (Å²) in [6.45, 7) is 7.29. The number of amides is 1. The molecule has 0 aliphatic heterocycles. The third-order valence-corrected chi connectivity index (χ3v) is 3.04. The first-order chi connectivity index (χ1) is 7.96. The summed E-state index contributed by atoms with van der Waals surface area (Å²) in [6.07, 6.45) is 1.71. The fraction of sp³-hybridized carbons (Fsp3) is 0.833. The highest BCUT2D eigenvalue weighted by Gasteiger charge is 2.23. The topological polar surface area (TPSA) is 83.6 Å². The largest absolute Gasteiger partial charge is 0.481 e. The summed E-state index contributed by atoms with van der Waals surface area (Å²) in [6, 6.07) is -0.929. The van der Waals surface area contributed by atoms with Crippen LogP contribution in [0.15, 0.2) is 0 Å². The molecule has 1 atom stereocenters. The van der Waals surface area contributed by atoms with Crippen LogP contribution >= 0.6 is 0 Å². The van der Waals surface area contributed by atoms with Crippen molar-refractivity contribution in [3.63, 3.8) is 0 Å². The van der Waals surface area contributed by atoms with Crippen LogP contribution in [-0.4, -0.2) is 41.0 Å². The maximum atomic E-state index is 11.9. The fourth-order valence-electron chi connectivity index (χ4n) is 1.74. The molecule has 0 rings (SSSR count). The van der Waals surface area contributed by atoms with Gasteiger partial charge in [0.05, 0.1) is 12.5 Å². The number of nitrogens with zero attached hydrogens (tertiary/aromatic N) is 1. The zero-order valence-electron chi connectivity index (χ0n) is 11.0. The van der Waals surface area contributed by atoms with Gasteiger partial charge in [-0.3, -0.25) is 9.59 Å². The average molecular weight is 244 g/mol. The van der Waals surface area contributed by atoms with E-state index in [-0.39, 0.29) is 12.3 Å². The van der Waals surface area contributed by atoms with Crippen molar-refractivity contribution in [2.24, 2.45) is 11.7 Å². The second kappa shape index (κ2) is 8.06. The van der Waals surface area contributed by atoms with Crippen molar-refractivity contribution in [3.05, 3.63) is 0 Å². The van der Waals surface area contributed by atoms with E-state index in [0.717, 1.165) is 12.8 Å². The van der Waals surface area contributed by atoms with Crippen molar-refractivity contribution in [1.29, 1.82) is 0 Å². The highest BCUT2D eigenvalue weighted by atomic mass is 16.4. The van der Waals surface area contributed by atoms with E-state index in [1.165, 1.54) is 0 Å². The van der Waals surface area contributed by atoms with Crippen LogP contribution < -0.4 is 5.73 Å². The normalized spacial score (nSPS) is 12.5. The SMILES string of the molecule is CCC(CC)CN(CC)C(=O)C(N)CC(=O)O. The standard InChI is InChI=1S/C12H24N2O3/c1-4-9(5-2)8-14(6-3)12(17)10(13)7-11(15)16/h9-10H,4-8,13H2,1-3H3,(H,15,16). The van der Waals surface area contributed by atoms with E-state index < -0.39 is 12.0 Å². The van der Waals surface area contributed by atoms with Crippen LogP contribution in [0.2, 0.25) is 0 Å². The number of rotatable bonds is 8. The first-order valence-electron chi connectivity index (χ1n) is 6.22. The van der Waals surface area contributed by atoms with Gasteiger partial charge in [0.25, 0.3) is 0 Å². The van der Waals surface area contributed by atoms with Gasteiger partial charge in [-0.1, -0.05) is 26.7 Å². The zero-order chi connectivity index (χ0) is 13.4. The zero-order valence-corrected chi connectivity index (χ0v) is 11.0. The average Bonchev–Trinajstić information content (AvgIpc) is 2.29. The molecule has 5 heteroatoms. The van der Waals surface area contributed by atoms with Gasteiger partial charge in [-0.15, -0.1) is 0 Å². The van der Waals surface area contributed by atoms with Crippen LogP contribution in [0.1, 0.15) is 40.0 Å². The predicted molar refractivity (Wildman–Crippen MR) is 66.6 cm³/mol. The van der Waals surface area contributed by atoms with Crippen molar-refractivity contribution >= 4 is 11.9 Å². The number of likely N-dealkylation sites (N-methyl/N-ethyl adjacent to an activating group) is 1. The molecule has 0 fully saturated rings. The van der Waals surface area contributed by atoms with E-state index in [1.807, 2.05) is 6.92 Å². The number of nitrogens with two attached hydrogens (primary N) is 1. The molecule has 0 bridgehead atoms. The van der Waals surface area contributed by atoms with Gasteiger partial charge in [0.1, 0.15) is 0 Å². The fourth-order valence-corrected chi connectivity index (χ4v) is 1.74. The predicted octanol–water partition coefficient (Wildman–Crippen LogP) is 1.07. The quantitative estimate of drug-likeness (QED) is 0.669. The van der Waals surface area contributed by atoms with Crippen LogP contribution in [0.3, 0.4) is 0 Å². The van der Waals surface area contributed by atoms with Crippen molar-refractivity contribution in [2.75, 3.05) is 13.1 Å². The monoisotopic (exact) mass is 244 g/mol. The van der Waals surface area contributed by atoms with E-state index in [4.69, 9.17) is 10.8 Å². The van der Waals surface area contributed by atoms with Gasteiger partial charge in [0.2, 0.25) is 5.91 Å². The van der Waals surface area contributed by atoms with Gasteiger partial charge in [0.15, 0.2) is 0 Å². The van der Waals surface area contributed by atoms with Crippen LogP contribution in [0.4, 0.5) is 0 Å². The second-order valence-electron chi connectivity index (χ2n) is 4.26. The lowest BCUT2D eigenvalue weighted by Gasteiger charge is -2.27. The summed E-state index contributed by atoms with van der Waals surface area (Å²) in [4.78, 5) is 24.1. The Hall–Kier alpha value is -1.10. The summed E-state index contributed by atoms with van der Waals surface area (Å²) in [5, 5.41) is 8.61. The molecule has 0 aromatic heterocycles. The molecule has 0 aliphatic carbocycles. The maximum Gasteiger partial charge on any atom is 0.305 e. The molecule has 0 saturated heterocycles. The molecule has 0 heterocycles. The number of hydrogen-bond acceptors (Lipinski definition) is 3. The second-order valence-corrected chi connectivity index (χ2v) is 4.26. The maximum absolute atomic E-state index is 11.9. The van der Waals surface area contributed by atoms with E-state index >= 15 is 0 Å². The molecule has 0 aromatic carbocycles. The highest BCUT2D eigenvalue weighted by molar-refractivity contribution is 5.85. The number of hydrogen-bond donors (Lipinski definition) is 2. The number of carboxylic acids is 1. The summed E-state index contributed by atoms with van der Waals surface area (Å²) in [5.41, 5.74) is 5.58. The lowest BCUT2D eigenvalue weighted by atomic mass is 10.0. The van der Waals surface area contributed by atoms with Crippen molar-refractivity contribution < 1.29 is 14.7 Å². The Labute approximate surface area is 103 Å². The minimum atomic E-state index is -1.04. The van der Waals surface area contributed by atoms with Gasteiger partial charge >= 0.3 is 5.97 Å². The van der Waals surface area contributed by atoms with Crippen LogP contribution in [-0.2, 0) is 9.59 Å². The molecular formula is C12H24N2O3. The molecular weight excluding hydrogens is 220 g/mol. The molecule has 0 aliphatic rings. The van der Waals surface area contributed by atoms with Gasteiger partial charge < -0.3 is 15.7 Å². The molecule has 0 saturated carbocycles. The molecule has 17 heavy (non-hydrogen) atoms. The van der Waals surface area contributed by atoms with Crippen molar-refractivity contribution in [3.8, 4) is 0 Å². The summed E-state index contributed by atoms with van der Waals surface area (Å²) < 4.78 is 0. The Morgan fingerprint density at radius 1 is 1.24 bits per heavy atom. The first-order valence-corrected chi connectivity index (χ1v) is 6.22. The third kappa shape index (κ3) is 5.68. The van der Waals surface area contributed by atoms with Crippen molar-refractivity contribution in [1.82, 2.24) is 4.90 Å². The number of carbonyl (C=O) groups is 2. The van der Waals surface area contributed by atoms with E-state index in [0.29, 0.717) is 19.0 Å². The number of carboxylic acid groups (broad SMARTS) is 1. The molecule has 3 N–H and O–H groups in total. The molecule has 5 nitrogen and oxygen atoms in total. The van der Waals surface area contributed by atoms with Gasteiger partial charge in [-0.05, 0) is 12.8 Å². The van der Waals surface area contributed by atoms with Crippen molar-refractivity contribution in [2.45, 2.75) is 46.1 Å².